The number of hydrogen-bond acceptors (Lipinski definition) is 5. The zero-order valence-electron chi connectivity index (χ0n) is 14.3. The van der Waals surface area contributed by atoms with Gasteiger partial charge in [0.05, 0.1) is 12.2 Å². The Morgan fingerprint density at radius 3 is 2.84 bits per heavy atom. The van der Waals surface area contributed by atoms with Gasteiger partial charge < -0.3 is 25.7 Å². The van der Waals surface area contributed by atoms with Crippen LogP contribution in [0.1, 0.15) is 36.2 Å². The molecule has 8 nitrogen and oxygen atoms in total. The summed E-state index contributed by atoms with van der Waals surface area (Å²) >= 11 is 0. The summed E-state index contributed by atoms with van der Waals surface area (Å²) in [5, 5.41) is 5.46. The minimum absolute atomic E-state index is 0.0545. The first-order valence-corrected chi connectivity index (χ1v) is 8.66. The van der Waals surface area contributed by atoms with Gasteiger partial charge in [-0.15, -0.1) is 0 Å². The number of carbonyl (C=O) groups excluding carboxylic acids is 3. The monoisotopic (exact) mass is 350 g/mol. The number of primary amides is 1. The number of amides is 3. The SMILES string of the molecule is NC(=O)C1CCCN(CCCNC(=O)CCNC(=O)c2ccco2)C1. The molecule has 1 saturated heterocycles. The molecule has 0 radical (unpaired) electrons. The van der Waals surface area contributed by atoms with Crippen LogP contribution in [0.15, 0.2) is 22.8 Å². The van der Waals surface area contributed by atoms with Crippen molar-refractivity contribution in [3.8, 4) is 0 Å². The fraction of sp³-hybridized carbons (Fsp3) is 0.588. The Kier molecular flexibility index (Phi) is 7.46. The van der Waals surface area contributed by atoms with Gasteiger partial charge in [0.25, 0.3) is 5.91 Å². The highest BCUT2D eigenvalue weighted by Gasteiger charge is 2.23. The van der Waals surface area contributed by atoms with E-state index in [9.17, 15) is 14.4 Å². The average Bonchev–Trinajstić information content (AvgIpc) is 3.13. The summed E-state index contributed by atoms with van der Waals surface area (Å²) in [7, 11) is 0. The predicted octanol–water partition coefficient (Wildman–Crippen LogP) is 0.103. The molecular formula is C17H26N4O4. The molecule has 1 atom stereocenters. The van der Waals surface area contributed by atoms with Crippen molar-refractivity contribution < 1.29 is 18.8 Å². The Morgan fingerprint density at radius 2 is 2.12 bits per heavy atom. The van der Waals surface area contributed by atoms with Crippen LogP contribution in [-0.4, -0.2) is 55.3 Å². The Balaban J connectivity index is 1.52. The Bertz CT molecular complexity index is 573. The summed E-state index contributed by atoms with van der Waals surface area (Å²) in [6.07, 6.45) is 4.31. The molecule has 8 heteroatoms. The van der Waals surface area contributed by atoms with Gasteiger partial charge in [0.1, 0.15) is 0 Å². The molecule has 1 aromatic rings. The van der Waals surface area contributed by atoms with E-state index in [-0.39, 0.29) is 42.4 Å². The maximum absolute atomic E-state index is 11.7. The topological polar surface area (TPSA) is 118 Å². The number of likely N-dealkylation sites (tertiary alicyclic amines) is 1. The van der Waals surface area contributed by atoms with Crippen molar-refractivity contribution in [1.82, 2.24) is 15.5 Å². The lowest BCUT2D eigenvalue weighted by Crippen LogP contribution is -2.42. The molecule has 1 unspecified atom stereocenters. The van der Waals surface area contributed by atoms with E-state index in [1.54, 1.807) is 12.1 Å². The molecule has 0 bridgehead atoms. The smallest absolute Gasteiger partial charge is 0.286 e. The largest absolute Gasteiger partial charge is 0.459 e. The lowest BCUT2D eigenvalue weighted by molar-refractivity contribution is -0.123. The summed E-state index contributed by atoms with van der Waals surface area (Å²) in [4.78, 5) is 36.8. The first-order chi connectivity index (χ1) is 12.1. The number of hydrogen-bond donors (Lipinski definition) is 3. The second kappa shape index (κ2) is 9.83. The third-order valence-corrected chi connectivity index (χ3v) is 4.26. The maximum atomic E-state index is 11.7. The van der Waals surface area contributed by atoms with Crippen molar-refractivity contribution in [2.45, 2.75) is 25.7 Å². The molecule has 1 aromatic heterocycles. The maximum Gasteiger partial charge on any atom is 0.286 e. The first kappa shape index (κ1) is 19.0. The zero-order valence-corrected chi connectivity index (χ0v) is 14.3. The van der Waals surface area contributed by atoms with Gasteiger partial charge in [0, 0.05) is 26.1 Å². The second-order valence-corrected chi connectivity index (χ2v) is 6.23. The van der Waals surface area contributed by atoms with Crippen LogP contribution < -0.4 is 16.4 Å². The summed E-state index contributed by atoms with van der Waals surface area (Å²) in [5.74, 6) is -0.479. The molecule has 25 heavy (non-hydrogen) atoms. The Labute approximate surface area is 147 Å². The normalized spacial score (nSPS) is 17.8. The van der Waals surface area contributed by atoms with Gasteiger partial charge in [-0.2, -0.15) is 0 Å². The highest BCUT2D eigenvalue weighted by molar-refractivity contribution is 5.91. The molecule has 138 valence electrons. The van der Waals surface area contributed by atoms with E-state index in [4.69, 9.17) is 10.2 Å². The Morgan fingerprint density at radius 1 is 1.28 bits per heavy atom. The van der Waals surface area contributed by atoms with E-state index in [0.29, 0.717) is 13.1 Å². The van der Waals surface area contributed by atoms with Gasteiger partial charge in [-0.3, -0.25) is 14.4 Å². The van der Waals surface area contributed by atoms with Crippen molar-refractivity contribution in [3.05, 3.63) is 24.2 Å². The van der Waals surface area contributed by atoms with Gasteiger partial charge in [0.15, 0.2) is 5.76 Å². The van der Waals surface area contributed by atoms with Crippen molar-refractivity contribution in [2.75, 3.05) is 32.7 Å². The highest BCUT2D eigenvalue weighted by Crippen LogP contribution is 2.15. The van der Waals surface area contributed by atoms with Crippen molar-refractivity contribution in [1.29, 1.82) is 0 Å². The van der Waals surface area contributed by atoms with E-state index in [1.807, 2.05) is 0 Å². The van der Waals surface area contributed by atoms with Crippen molar-refractivity contribution >= 4 is 17.7 Å². The number of nitrogens with two attached hydrogens (primary N) is 1. The number of piperidine rings is 1. The summed E-state index contributed by atoms with van der Waals surface area (Å²) in [6.45, 7) is 3.35. The van der Waals surface area contributed by atoms with Crippen molar-refractivity contribution in [2.24, 2.45) is 11.7 Å². The lowest BCUT2D eigenvalue weighted by atomic mass is 9.97. The highest BCUT2D eigenvalue weighted by atomic mass is 16.3. The van der Waals surface area contributed by atoms with Crippen LogP contribution in [0, 0.1) is 5.92 Å². The molecule has 1 fully saturated rings. The number of furan rings is 1. The molecular weight excluding hydrogens is 324 g/mol. The molecule has 0 spiro atoms. The standard InChI is InChI=1S/C17H26N4O4/c18-16(23)13-4-1-9-21(12-13)10-3-7-19-15(22)6-8-20-17(24)14-5-2-11-25-14/h2,5,11,13H,1,3-4,6-10,12H2,(H2,18,23)(H,19,22)(H,20,24). The third-order valence-electron chi connectivity index (χ3n) is 4.26. The number of nitrogens with zero attached hydrogens (tertiary/aromatic N) is 1. The van der Waals surface area contributed by atoms with Gasteiger partial charge in [0.2, 0.25) is 11.8 Å². The second-order valence-electron chi connectivity index (χ2n) is 6.23. The van der Waals surface area contributed by atoms with Gasteiger partial charge in [-0.1, -0.05) is 0 Å². The van der Waals surface area contributed by atoms with Crippen LogP contribution in [0.3, 0.4) is 0 Å². The van der Waals surface area contributed by atoms with Gasteiger partial charge >= 0.3 is 0 Å². The van der Waals surface area contributed by atoms with E-state index in [2.05, 4.69) is 15.5 Å². The van der Waals surface area contributed by atoms with Crippen LogP contribution in [0.4, 0.5) is 0 Å². The van der Waals surface area contributed by atoms with E-state index >= 15 is 0 Å². The summed E-state index contributed by atoms with van der Waals surface area (Å²) in [6, 6.07) is 3.20. The van der Waals surface area contributed by atoms with Crippen LogP contribution >= 0.6 is 0 Å². The van der Waals surface area contributed by atoms with Crippen LogP contribution in [0.25, 0.3) is 0 Å². The zero-order chi connectivity index (χ0) is 18.1. The van der Waals surface area contributed by atoms with Crippen LogP contribution in [-0.2, 0) is 9.59 Å². The molecule has 0 aromatic carbocycles. The minimum Gasteiger partial charge on any atom is -0.459 e. The molecule has 2 heterocycles. The molecule has 1 aliphatic rings. The average molecular weight is 350 g/mol. The number of rotatable bonds is 9. The molecule has 0 saturated carbocycles. The summed E-state index contributed by atoms with van der Waals surface area (Å²) < 4.78 is 4.97. The van der Waals surface area contributed by atoms with Crippen LogP contribution in [0.5, 0.6) is 0 Å². The Hall–Kier alpha value is -2.35. The molecule has 3 amide bonds. The number of carbonyl (C=O) groups is 3. The van der Waals surface area contributed by atoms with Gasteiger partial charge in [-0.25, -0.2) is 0 Å². The third kappa shape index (κ3) is 6.58. The van der Waals surface area contributed by atoms with Crippen molar-refractivity contribution in [3.63, 3.8) is 0 Å². The van der Waals surface area contributed by atoms with Gasteiger partial charge in [-0.05, 0) is 44.5 Å². The number of nitrogens with one attached hydrogen (secondary N) is 2. The first-order valence-electron chi connectivity index (χ1n) is 8.66. The van der Waals surface area contributed by atoms with Crippen LogP contribution in [0.2, 0.25) is 0 Å². The molecule has 1 aliphatic heterocycles. The fourth-order valence-electron chi connectivity index (χ4n) is 2.89. The summed E-state index contributed by atoms with van der Waals surface area (Å²) in [5.41, 5.74) is 5.36. The van der Waals surface area contributed by atoms with E-state index < -0.39 is 0 Å². The lowest BCUT2D eigenvalue weighted by Gasteiger charge is -2.31. The minimum atomic E-state index is -0.327. The van der Waals surface area contributed by atoms with E-state index in [0.717, 1.165) is 32.4 Å². The quantitative estimate of drug-likeness (QED) is 0.546. The van der Waals surface area contributed by atoms with E-state index in [1.165, 1.54) is 6.26 Å². The predicted molar refractivity (Wildman–Crippen MR) is 91.6 cm³/mol. The molecule has 4 N–H and O–H groups in total. The fourth-order valence-corrected chi connectivity index (χ4v) is 2.89. The molecule has 2 rings (SSSR count). The molecule has 0 aliphatic carbocycles.